The number of hydrogen-bond donors (Lipinski definition) is 0. The minimum Gasteiger partial charge on any atom is -0.464 e. The lowest BCUT2D eigenvalue weighted by atomic mass is 10.0. The van der Waals surface area contributed by atoms with Crippen molar-refractivity contribution in [2.45, 2.75) is 25.8 Å². The highest BCUT2D eigenvalue weighted by atomic mass is 16.5. The van der Waals surface area contributed by atoms with Gasteiger partial charge in [-0.25, -0.2) is 9.59 Å². The van der Waals surface area contributed by atoms with Crippen LogP contribution in [0.15, 0.2) is 35.3 Å². The molecule has 0 aliphatic heterocycles. The summed E-state index contributed by atoms with van der Waals surface area (Å²) in [4.78, 5) is 36.8. The van der Waals surface area contributed by atoms with E-state index in [0.717, 1.165) is 5.56 Å². The van der Waals surface area contributed by atoms with Crippen molar-refractivity contribution in [3.05, 3.63) is 35.9 Å². The van der Waals surface area contributed by atoms with E-state index in [1.165, 1.54) is 6.08 Å². The number of hydrogen-bond acceptors (Lipinski definition) is 5. The Labute approximate surface area is 111 Å². The van der Waals surface area contributed by atoms with E-state index in [2.05, 4.69) is 4.99 Å². The normalized spacial score (nSPS) is 11.2. The summed E-state index contributed by atoms with van der Waals surface area (Å²) in [5, 5.41) is 0. The van der Waals surface area contributed by atoms with Crippen LogP contribution < -0.4 is 0 Å². The first-order valence-corrected chi connectivity index (χ1v) is 5.99. The van der Waals surface area contributed by atoms with E-state index < -0.39 is 17.8 Å². The lowest BCUT2D eigenvalue weighted by Gasteiger charge is -2.08. The lowest BCUT2D eigenvalue weighted by Crippen LogP contribution is -2.30. The SMILES string of the molecule is CCOC(=O)C(N=C=O)C(=O)CCc1ccccc1. The summed E-state index contributed by atoms with van der Waals surface area (Å²) >= 11 is 0. The fraction of sp³-hybridized carbons (Fsp3) is 0.357. The first kappa shape index (κ1) is 14.8. The van der Waals surface area contributed by atoms with Crippen LogP contribution in [0, 0.1) is 0 Å². The number of ketones is 1. The Morgan fingerprint density at radius 1 is 1.32 bits per heavy atom. The molecular weight excluding hydrogens is 246 g/mol. The van der Waals surface area contributed by atoms with Gasteiger partial charge in [0, 0.05) is 6.42 Å². The lowest BCUT2D eigenvalue weighted by molar-refractivity contribution is -0.147. The maximum absolute atomic E-state index is 11.8. The number of Topliss-reactive ketones (excluding diaryl/α,β-unsaturated/α-hetero) is 1. The van der Waals surface area contributed by atoms with Gasteiger partial charge in [-0.2, -0.15) is 4.99 Å². The zero-order valence-corrected chi connectivity index (χ0v) is 10.7. The van der Waals surface area contributed by atoms with Gasteiger partial charge < -0.3 is 4.74 Å². The van der Waals surface area contributed by atoms with Crippen molar-refractivity contribution in [1.29, 1.82) is 0 Å². The van der Waals surface area contributed by atoms with E-state index >= 15 is 0 Å². The van der Waals surface area contributed by atoms with E-state index in [0.29, 0.717) is 6.42 Å². The molecule has 0 spiro atoms. The number of esters is 1. The Morgan fingerprint density at radius 2 is 2.00 bits per heavy atom. The molecule has 1 aromatic carbocycles. The van der Waals surface area contributed by atoms with Gasteiger partial charge in [0.25, 0.3) is 0 Å². The van der Waals surface area contributed by atoms with Crippen molar-refractivity contribution in [1.82, 2.24) is 0 Å². The van der Waals surface area contributed by atoms with Crippen LogP contribution in [0.1, 0.15) is 18.9 Å². The molecule has 1 rings (SSSR count). The molecule has 100 valence electrons. The molecule has 0 amide bonds. The molecule has 0 fully saturated rings. The van der Waals surface area contributed by atoms with E-state index in [1.807, 2.05) is 30.3 Å². The summed E-state index contributed by atoms with van der Waals surface area (Å²) in [6.45, 7) is 1.75. The molecule has 1 aromatic rings. The van der Waals surface area contributed by atoms with Crippen molar-refractivity contribution in [2.24, 2.45) is 4.99 Å². The predicted molar refractivity (Wildman–Crippen MR) is 68.3 cm³/mol. The number of isocyanates is 1. The zero-order chi connectivity index (χ0) is 14.1. The number of aliphatic imine (C=N–C) groups is 1. The number of benzene rings is 1. The van der Waals surface area contributed by atoms with Gasteiger partial charge in [-0.05, 0) is 18.9 Å². The molecule has 0 aromatic heterocycles. The van der Waals surface area contributed by atoms with Gasteiger partial charge in [-0.3, -0.25) is 4.79 Å². The van der Waals surface area contributed by atoms with E-state index in [9.17, 15) is 14.4 Å². The van der Waals surface area contributed by atoms with Crippen LogP contribution >= 0.6 is 0 Å². The van der Waals surface area contributed by atoms with Crippen molar-refractivity contribution < 1.29 is 19.1 Å². The molecule has 0 saturated heterocycles. The number of carbonyl (C=O) groups is 2. The topological polar surface area (TPSA) is 72.8 Å². The molecule has 5 nitrogen and oxygen atoms in total. The van der Waals surface area contributed by atoms with Gasteiger partial charge in [0.1, 0.15) is 0 Å². The smallest absolute Gasteiger partial charge is 0.339 e. The maximum atomic E-state index is 11.8. The third kappa shape index (κ3) is 4.85. The monoisotopic (exact) mass is 261 g/mol. The van der Waals surface area contributed by atoms with Gasteiger partial charge in [0.2, 0.25) is 12.1 Å². The molecule has 0 aliphatic carbocycles. The van der Waals surface area contributed by atoms with Crippen LogP contribution in [0.4, 0.5) is 0 Å². The van der Waals surface area contributed by atoms with Crippen LogP contribution in [0.3, 0.4) is 0 Å². The molecule has 0 N–H and O–H groups in total. The maximum Gasteiger partial charge on any atom is 0.339 e. The van der Waals surface area contributed by atoms with Crippen molar-refractivity contribution in [3.8, 4) is 0 Å². The Balaban J connectivity index is 2.62. The third-order valence-corrected chi connectivity index (χ3v) is 2.50. The van der Waals surface area contributed by atoms with Crippen molar-refractivity contribution >= 4 is 17.8 Å². The molecule has 0 radical (unpaired) electrons. The fourth-order valence-corrected chi connectivity index (χ4v) is 1.58. The fourth-order valence-electron chi connectivity index (χ4n) is 1.58. The van der Waals surface area contributed by atoms with Crippen molar-refractivity contribution in [3.63, 3.8) is 0 Å². The summed E-state index contributed by atoms with van der Waals surface area (Å²) in [6, 6.07) is 7.99. The quantitative estimate of drug-likeness (QED) is 0.322. The highest BCUT2D eigenvalue weighted by molar-refractivity contribution is 6.03. The molecule has 0 bridgehead atoms. The second kappa shape index (κ2) is 7.95. The van der Waals surface area contributed by atoms with Gasteiger partial charge in [0.05, 0.1) is 6.61 Å². The zero-order valence-electron chi connectivity index (χ0n) is 10.7. The summed E-state index contributed by atoms with van der Waals surface area (Å²) in [5.41, 5.74) is 0.980. The Morgan fingerprint density at radius 3 is 2.58 bits per heavy atom. The molecular formula is C14H15NO4. The highest BCUT2D eigenvalue weighted by Gasteiger charge is 2.26. The third-order valence-electron chi connectivity index (χ3n) is 2.50. The van der Waals surface area contributed by atoms with Gasteiger partial charge in [0.15, 0.2) is 5.78 Å². The molecule has 19 heavy (non-hydrogen) atoms. The van der Waals surface area contributed by atoms with Crippen LogP contribution in [0.25, 0.3) is 0 Å². The minimum atomic E-state index is -1.39. The highest BCUT2D eigenvalue weighted by Crippen LogP contribution is 2.07. The first-order chi connectivity index (χ1) is 9.19. The molecule has 1 unspecified atom stereocenters. The largest absolute Gasteiger partial charge is 0.464 e. The van der Waals surface area contributed by atoms with Crippen molar-refractivity contribution in [2.75, 3.05) is 6.61 Å². The number of nitrogens with zero attached hydrogens (tertiary/aromatic N) is 1. The average Bonchev–Trinajstić information content (AvgIpc) is 2.43. The Bertz CT molecular complexity index is 477. The molecule has 0 heterocycles. The average molecular weight is 261 g/mol. The molecule has 0 saturated carbocycles. The van der Waals surface area contributed by atoms with Crippen LogP contribution in [-0.2, 0) is 25.5 Å². The molecule has 1 atom stereocenters. The second-order valence-electron chi connectivity index (χ2n) is 3.83. The number of ether oxygens (including phenoxy) is 1. The Hall–Kier alpha value is -2.26. The first-order valence-electron chi connectivity index (χ1n) is 5.99. The van der Waals surface area contributed by atoms with Gasteiger partial charge >= 0.3 is 5.97 Å². The second-order valence-corrected chi connectivity index (χ2v) is 3.83. The number of rotatable bonds is 7. The summed E-state index contributed by atoms with van der Waals surface area (Å²) < 4.78 is 4.70. The van der Waals surface area contributed by atoms with E-state index in [4.69, 9.17) is 4.74 Å². The molecule has 0 aliphatic rings. The van der Waals surface area contributed by atoms with E-state index in [-0.39, 0.29) is 13.0 Å². The Kier molecular flexibility index (Phi) is 6.19. The summed E-state index contributed by atoms with van der Waals surface area (Å²) in [6.07, 6.45) is 1.85. The van der Waals surface area contributed by atoms with Gasteiger partial charge in [-0.15, -0.1) is 0 Å². The molecule has 5 heteroatoms. The minimum absolute atomic E-state index is 0.124. The predicted octanol–water partition coefficient (Wildman–Crippen LogP) is 1.46. The van der Waals surface area contributed by atoms with E-state index in [1.54, 1.807) is 6.92 Å². The standard InChI is InChI=1S/C14H15NO4/c1-2-19-14(18)13(15-10-16)12(17)9-8-11-6-4-3-5-7-11/h3-7,13H,2,8-9H2,1H3. The summed E-state index contributed by atoms with van der Waals surface area (Å²) in [7, 11) is 0. The van der Waals surface area contributed by atoms with Crippen LogP contribution in [0.5, 0.6) is 0 Å². The van der Waals surface area contributed by atoms with Crippen LogP contribution in [0.2, 0.25) is 0 Å². The number of aryl methyl sites for hydroxylation is 1. The summed E-state index contributed by atoms with van der Waals surface area (Å²) in [5.74, 6) is -1.24. The number of carbonyl (C=O) groups excluding carboxylic acids is 3. The van der Waals surface area contributed by atoms with Crippen LogP contribution in [-0.4, -0.2) is 30.5 Å². The van der Waals surface area contributed by atoms with Gasteiger partial charge in [-0.1, -0.05) is 30.3 Å².